The summed E-state index contributed by atoms with van der Waals surface area (Å²) in [6.07, 6.45) is 35.4. The molecule has 0 aromatic rings. The lowest BCUT2D eigenvalue weighted by atomic mass is 10.1. The van der Waals surface area contributed by atoms with Crippen molar-refractivity contribution in [3.8, 4) is 0 Å². The van der Waals surface area contributed by atoms with Gasteiger partial charge in [0.1, 0.15) is 13.2 Å². The highest BCUT2D eigenvalue weighted by atomic mass is 31.2. The van der Waals surface area contributed by atoms with Crippen LogP contribution >= 0.6 is 7.82 Å². The highest BCUT2D eigenvalue weighted by Crippen LogP contribution is 2.38. The van der Waals surface area contributed by atoms with Gasteiger partial charge in [0.15, 0.2) is 5.78 Å². The first-order valence-electron chi connectivity index (χ1n) is 20.0. The van der Waals surface area contributed by atoms with Crippen molar-refractivity contribution < 1.29 is 37.7 Å². The largest absolute Gasteiger partial charge is 0.756 e. The van der Waals surface area contributed by atoms with Gasteiger partial charge in [0, 0.05) is 12.8 Å². The minimum Gasteiger partial charge on any atom is -0.756 e. The molecule has 0 spiro atoms. The second kappa shape index (κ2) is 32.8. The van der Waals surface area contributed by atoms with Crippen LogP contribution in [0.5, 0.6) is 0 Å². The smallest absolute Gasteiger partial charge is 0.268 e. The van der Waals surface area contributed by atoms with Gasteiger partial charge in [-0.2, -0.15) is 0 Å². The zero-order valence-electron chi connectivity index (χ0n) is 33.0. The summed E-state index contributed by atoms with van der Waals surface area (Å²) in [5, 5.41) is 13.7. The van der Waals surface area contributed by atoms with E-state index in [1.165, 1.54) is 51.4 Å². The SMILES string of the molecule is CCC/C=C\CCCCCCCC/C=C/[C@@H](O)[C@H](COP(=O)([O-])OCC[N+](C)(C)C)NC(=O)CCCCCCCC(=O)/C=C/C=C\CCCCC. The van der Waals surface area contributed by atoms with Crippen molar-refractivity contribution in [3.63, 3.8) is 0 Å². The van der Waals surface area contributed by atoms with E-state index in [1.807, 2.05) is 39.4 Å². The predicted octanol–water partition coefficient (Wildman–Crippen LogP) is 9.07. The lowest BCUT2D eigenvalue weighted by molar-refractivity contribution is -0.870. The van der Waals surface area contributed by atoms with Gasteiger partial charge in [-0.05, 0) is 63.9 Å². The van der Waals surface area contributed by atoms with Crippen LogP contribution in [-0.4, -0.2) is 74.3 Å². The normalized spacial score (nSPS) is 15.0. The van der Waals surface area contributed by atoms with Gasteiger partial charge in [0.2, 0.25) is 5.91 Å². The molecule has 0 bridgehead atoms. The number of hydrogen-bond acceptors (Lipinski definition) is 7. The number of phosphoric ester groups is 1. The maximum Gasteiger partial charge on any atom is 0.268 e. The van der Waals surface area contributed by atoms with Crippen molar-refractivity contribution in [1.29, 1.82) is 0 Å². The quantitative estimate of drug-likeness (QED) is 0.0166. The third-order valence-electron chi connectivity index (χ3n) is 8.46. The maximum atomic E-state index is 12.8. The summed E-state index contributed by atoms with van der Waals surface area (Å²) >= 11 is 0. The minimum absolute atomic E-state index is 0.0266. The number of nitrogens with one attached hydrogen (secondary N) is 1. The summed E-state index contributed by atoms with van der Waals surface area (Å²) in [5.41, 5.74) is 0. The van der Waals surface area contributed by atoms with Gasteiger partial charge in [-0.3, -0.25) is 14.2 Å². The molecule has 0 aliphatic heterocycles. The fourth-order valence-corrected chi connectivity index (χ4v) is 5.91. The summed E-state index contributed by atoms with van der Waals surface area (Å²) in [6.45, 7) is 4.40. The number of phosphoric acid groups is 1. The van der Waals surface area contributed by atoms with Gasteiger partial charge in [-0.1, -0.05) is 121 Å². The number of aliphatic hydroxyl groups is 1. The Morgan fingerprint density at radius 2 is 1.29 bits per heavy atom. The number of carbonyl (C=O) groups is 2. The summed E-state index contributed by atoms with van der Waals surface area (Å²) in [4.78, 5) is 37.2. The first-order chi connectivity index (χ1) is 24.4. The Morgan fingerprint density at radius 3 is 1.94 bits per heavy atom. The fourth-order valence-electron chi connectivity index (χ4n) is 5.19. The first-order valence-corrected chi connectivity index (χ1v) is 21.4. The number of amides is 1. The zero-order chi connectivity index (χ0) is 38.1. The van der Waals surface area contributed by atoms with Crippen LogP contribution in [0.2, 0.25) is 0 Å². The van der Waals surface area contributed by atoms with Crippen LogP contribution in [0.3, 0.4) is 0 Å². The Morgan fingerprint density at radius 1 is 0.725 bits per heavy atom. The molecule has 0 saturated carbocycles. The van der Waals surface area contributed by atoms with E-state index in [4.69, 9.17) is 9.05 Å². The lowest BCUT2D eigenvalue weighted by Crippen LogP contribution is -2.45. The number of carbonyl (C=O) groups excluding carboxylic acids is 2. The Labute approximate surface area is 312 Å². The van der Waals surface area contributed by atoms with Crippen LogP contribution < -0.4 is 10.2 Å². The van der Waals surface area contributed by atoms with Crippen LogP contribution in [0.25, 0.3) is 0 Å². The van der Waals surface area contributed by atoms with E-state index in [1.54, 1.807) is 12.2 Å². The Kier molecular flexibility index (Phi) is 31.6. The summed E-state index contributed by atoms with van der Waals surface area (Å²) in [5.74, 6) is -0.140. The van der Waals surface area contributed by atoms with Gasteiger partial charge < -0.3 is 28.8 Å². The molecule has 0 radical (unpaired) electrons. The number of quaternary nitrogens is 1. The average Bonchev–Trinajstić information content (AvgIpc) is 3.07. The Hall–Kier alpha value is -1.87. The standard InChI is InChI=1S/C41H75N2O7P/c1-6-8-10-12-14-15-16-17-18-19-21-25-29-33-40(45)39(37-50-51(47,48)49-36-35-43(3,4)5)42-41(46)34-30-26-22-24-28-32-38(44)31-27-23-20-13-11-9-7-2/h10,12,20,23,27,29,31,33,39-40,45H,6-9,11,13-19,21-22,24-26,28,30,32,34-37H2,1-5H3,(H-,42,46,47,48)/b12-10-,23-20-,31-27+,33-29+/t39-,40+/m0/s1. The molecule has 0 aromatic heterocycles. The Balaban J connectivity index is 4.62. The van der Waals surface area contributed by atoms with E-state index in [2.05, 4.69) is 37.4 Å². The van der Waals surface area contributed by atoms with Gasteiger partial charge >= 0.3 is 0 Å². The van der Waals surface area contributed by atoms with Gasteiger partial charge in [-0.15, -0.1) is 0 Å². The van der Waals surface area contributed by atoms with Crippen LogP contribution in [0, 0.1) is 0 Å². The lowest BCUT2D eigenvalue weighted by Gasteiger charge is -2.29. The van der Waals surface area contributed by atoms with Crippen molar-refractivity contribution in [3.05, 3.63) is 48.6 Å². The van der Waals surface area contributed by atoms with Crippen molar-refractivity contribution in [2.45, 2.75) is 161 Å². The van der Waals surface area contributed by atoms with E-state index < -0.39 is 26.6 Å². The molecule has 2 N–H and O–H groups in total. The number of ketones is 1. The van der Waals surface area contributed by atoms with Gasteiger partial charge in [0.25, 0.3) is 7.82 Å². The van der Waals surface area contributed by atoms with E-state index in [0.717, 1.165) is 64.2 Å². The van der Waals surface area contributed by atoms with Gasteiger partial charge in [-0.25, -0.2) is 0 Å². The van der Waals surface area contributed by atoms with Crippen molar-refractivity contribution in [2.24, 2.45) is 0 Å². The average molecular weight is 739 g/mol. The molecule has 0 aliphatic carbocycles. The summed E-state index contributed by atoms with van der Waals surface area (Å²) in [6, 6.07) is -0.936. The van der Waals surface area contributed by atoms with E-state index >= 15 is 0 Å². The number of aliphatic hydroxyl groups excluding tert-OH is 1. The van der Waals surface area contributed by atoms with Crippen LogP contribution in [-0.2, 0) is 23.2 Å². The number of allylic oxidation sites excluding steroid dienone is 7. The van der Waals surface area contributed by atoms with Crippen molar-refractivity contribution in [2.75, 3.05) is 40.9 Å². The predicted molar refractivity (Wildman–Crippen MR) is 210 cm³/mol. The third kappa shape index (κ3) is 35.0. The minimum atomic E-state index is -4.62. The molecule has 10 heteroatoms. The second-order valence-corrected chi connectivity index (χ2v) is 16.1. The first kappa shape index (κ1) is 49.1. The van der Waals surface area contributed by atoms with E-state index in [0.29, 0.717) is 23.9 Å². The molecule has 0 aromatic carbocycles. The summed E-state index contributed by atoms with van der Waals surface area (Å²) < 4.78 is 23.0. The number of unbranched alkanes of at least 4 members (excludes halogenated alkanes) is 15. The highest BCUT2D eigenvalue weighted by Gasteiger charge is 2.23. The molecule has 0 heterocycles. The number of likely N-dealkylation sites (N-methyl/N-ethyl adjacent to an activating group) is 1. The molecule has 51 heavy (non-hydrogen) atoms. The van der Waals surface area contributed by atoms with Crippen molar-refractivity contribution in [1.82, 2.24) is 5.32 Å². The van der Waals surface area contributed by atoms with Crippen LogP contribution in [0.15, 0.2) is 48.6 Å². The Bertz CT molecular complexity index is 1040. The number of rotatable bonds is 35. The maximum absolute atomic E-state index is 12.8. The molecule has 3 atom stereocenters. The molecular formula is C41H75N2O7P. The second-order valence-electron chi connectivity index (χ2n) is 14.7. The zero-order valence-corrected chi connectivity index (χ0v) is 33.9. The number of nitrogens with zero attached hydrogens (tertiary/aromatic N) is 1. The summed E-state index contributed by atoms with van der Waals surface area (Å²) in [7, 11) is 1.17. The molecule has 0 rings (SSSR count). The van der Waals surface area contributed by atoms with E-state index in [-0.39, 0.29) is 24.7 Å². The number of hydrogen-bond donors (Lipinski definition) is 2. The third-order valence-corrected chi connectivity index (χ3v) is 9.42. The monoisotopic (exact) mass is 739 g/mol. The fraction of sp³-hybridized carbons (Fsp3) is 0.756. The topological polar surface area (TPSA) is 125 Å². The molecule has 296 valence electrons. The van der Waals surface area contributed by atoms with E-state index in [9.17, 15) is 24.2 Å². The molecule has 0 fully saturated rings. The highest BCUT2D eigenvalue weighted by molar-refractivity contribution is 7.45. The van der Waals surface area contributed by atoms with Crippen LogP contribution in [0.4, 0.5) is 0 Å². The molecule has 1 unspecified atom stereocenters. The molecular weight excluding hydrogens is 663 g/mol. The van der Waals surface area contributed by atoms with Gasteiger partial charge in [0.05, 0.1) is 39.9 Å². The molecule has 9 nitrogen and oxygen atoms in total. The van der Waals surface area contributed by atoms with Crippen LogP contribution in [0.1, 0.15) is 149 Å². The van der Waals surface area contributed by atoms with Crippen molar-refractivity contribution >= 4 is 19.5 Å². The molecule has 0 saturated heterocycles. The molecule has 0 aliphatic rings. The molecule has 1 amide bonds.